The predicted molar refractivity (Wildman–Crippen MR) is 103 cm³/mol. The summed E-state index contributed by atoms with van der Waals surface area (Å²) in [7, 11) is 0. The first-order chi connectivity index (χ1) is 12.8. The first kappa shape index (κ1) is 16.9. The number of fused-ring (bicyclic) bond motifs is 2. The lowest BCUT2D eigenvalue weighted by Crippen LogP contribution is -2.25. The number of carbonyl (C=O) groups is 1. The molecule has 2 aromatic heterocycles. The molecule has 0 unspecified atom stereocenters. The van der Waals surface area contributed by atoms with Crippen LogP contribution in [0.3, 0.4) is 0 Å². The monoisotopic (exact) mass is 350 g/mol. The highest BCUT2D eigenvalue weighted by Gasteiger charge is 2.17. The molecule has 2 heterocycles. The predicted octanol–water partition coefficient (Wildman–Crippen LogP) is 3.38. The molecule has 2 N–H and O–H groups in total. The quantitative estimate of drug-likeness (QED) is 0.642. The van der Waals surface area contributed by atoms with Gasteiger partial charge in [0.1, 0.15) is 0 Å². The second-order valence-corrected chi connectivity index (χ2v) is 7.11. The number of carbonyl (C=O) groups excluding carboxylic acids is 1. The van der Waals surface area contributed by atoms with Gasteiger partial charge in [0.05, 0.1) is 5.69 Å². The fraction of sp³-hybridized carbons (Fsp3) is 0.429. The maximum absolute atomic E-state index is 12.1. The standard InChI is InChI=1S/C21H26N4O/c26-21(11-10-19-17-7-2-3-8-18(17)23-24-19)22-13-5-14-25-15-12-16-6-1-4-9-20(16)25/h1,4,6,9,12,15H,2-3,5,7-8,10-11,13-14H2,(H,22,26)(H,23,24). The SMILES string of the molecule is O=C(CCc1n[nH]c2c1CCCC2)NCCCn1ccc2ccccc21. The summed E-state index contributed by atoms with van der Waals surface area (Å²) < 4.78 is 2.25. The summed E-state index contributed by atoms with van der Waals surface area (Å²) in [6.07, 6.45) is 8.99. The summed E-state index contributed by atoms with van der Waals surface area (Å²) in [5, 5.41) is 11.9. The molecule has 0 saturated heterocycles. The van der Waals surface area contributed by atoms with Crippen LogP contribution in [-0.4, -0.2) is 27.2 Å². The van der Waals surface area contributed by atoms with E-state index in [1.807, 2.05) is 0 Å². The number of para-hydroxylation sites is 1. The Morgan fingerprint density at radius 3 is 3.04 bits per heavy atom. The van der Waals surface area contributed by atoms with E-state index in [0.29, 0.717) is 13.0 Å². The zero-order chi connectivity index (χ0) is 17.8. The van der Waals surface area contributed by atoms with Crippen LogP contribution in [0.5, 0.6) is 0 Å². The highest BCUT2D eigenvalue weighted by Crippen LogP contribution is 2.22. The highest BCUT2D eigenvalue weighted by atomic mass is 16.1. The Labute approximate surface area is 153 Å². The minimum absolute atomic E-state index is 0.120. The summed E-state index contributed by atoms with van der Waals surface area (Å²) in [4.78, 5) is 12.1. The zero-order valence-corrected chi connectivity index (χ0v) is 15.1. The summed E-state index contributed by atoms with van der Waals surface area (Å²) in [6, 6.07) is 10.5. The van der Waals surface area contributed by atoms with Crippen molar-refractivity contribution in [3.8, 4) is 0 Å². The number of hydrogen-bond donors (Lipinski definition) is 2. The number of nitrogens with one attached hydrogen (secondary N) is 2. The van der Waals surface area contributed by atoms with Gasteiger partial charge >= 0.3 is 0 Å². The molecule has 1 amide bonds. The lowest BCUT2D eigenvalue weighted by atomic mass is 9.95. The average Bonchev–Trinajstić information content (AvgIpc) is 3.28. The number of hydrogen-bond acceptors (Lipinski definition) is 2. The van der Waals surface area contributed by atoms with Gasteiger partial charge in [-0.3, -0.25) is 9.89 Å². The van der Waals surface area contributed by atoms with Crippen molar-refractivity contribution in [1.82, 2.24) is 20.1 Å². The first-order valence-corrected chi connectivity index (χ1v) is 9.67. The van der Waals surface area contributed by atoms with Crippen LogP contribution in [0.4, 0.5) is 0 Å². The van der Waals surface area contributed by atoms with Crippen molar-refractivity contribution >= 4 is 16.8 Å². The fourth-order valence-corrected chi connectivity index (χ4v) is 3.89. The van der Waals surface area contributed by atoms with Gasteiger partial charge in [-0.15, -0.1) is 0 Å². The Morgan fingerprint density at radius 1 is 1.19 bits per heavy atom. The van der Waals surface area contributed by atoms with Crippen molar-refractivity contribution in [2.45, 2.75) is 51.5 Å². The summed E-state index contributed by atoms with van der Waals surface area (Å²) >= 11 is 0. The summed E-state index contributed by atoms with van der Waals surface area (Å²) in [6.45, 7) is 1.63. The molecule has 0 fully saturated rings. The molecular weight excluding hydrogens is 324 g/mol. The minimum atomic E-state index is 0.120. The number of aryl methyl sites for hydroxylation is 3. The van der Waals surface area contributed by atoms with Gasteiger partial charge in [-0.25, -0.2) is 0 Å². The molecule has 0 bridgehead atoms. The van der Waals surface area contributed by atoms with E-state index in [4.69, 9.17) is 0 Å². The third kappa shape index (κ3) is 3.66. The molecule has 0 saturated carbocycles. The van der Waals surface area contributed by atoms with Crippen molar-refractivity contribution in [1.29, 1.82) is 0 Å². The van der Waals surface area contributed by atoms with E-state index in [1.54, 1.807) is 0 Å². The topological polar surface area (TPSA) is 62.7 Å². The molecule has 0 aliphatic heterocycles. The summed E-state index contributed by atoms with van der Waals surface area (Å²) in [5.74, 6) is 0.120. The van der Waals surface area contributed by atoms with Crippen molar-refractivity contribution < 1.29 is 4.79 Å². The number of rotatable bonds is 7. The van der Waals surface area contributed by atoms with Crippen LogP contribution in [0.25, 0.3) is 10.9 Å². The molecule has 0 radical (unpaired) electrons. The molecule has 0 atom stereocenters. The molecule has 5 heteroatoms. The normalized spacial score (nSPS) is 13.7. The second kappa shape index (κ2) is 7.77. The molecule has 0 spiro atoms. The smallest absolute Gasteiger partial charge is 0.220 e. The largest absolute Gasteiger partial charge is 0.356 e. The van der Waals surface area contributed by atoms with Gasteiger partial charge < -0.3 is 9.88 Å². The van der Waals surface area contributed by atoms with Crippen LogP contribution in [0.2, 0.25) is 0 Å². The molecule has 1 aromatic carbocycles. The summed E-state index contributed by atoms with van der Waals surface area (Å²) in [5.41, 5.74) is 4.99. The minimum Gasteiger partial charge on any atom is -0.356 e. The third-order valence-electron chi connectivity index (χ3n) is 5.31. The van der Waals surface area contributed by atoms with Gasteiger partial charge in [0.15, 0.2) is 0 Å². The Hall–Kier alpha value is -2.56. The Balaban J connectivity index is 1.20. The number of benzene rings is 1. The number of aromatic nitrogens is 3. The number of amides is 1. The Morgan fingerprint density at radius 2 is 2.08 bits per heavy atom. The zero-order valence-electron chi connectivity index (χ0n) is 15.1. The molecule has 3 aromatic rings. The van der Waals surface area contributed by atoms with Crippen molar-refractivity contribution in [2.75, 3.05) is 6.54 Å². The average molecular weight is 350 g/mol. The molecule has 4 rings (SSSR count). The van der Waals surface area contributed by atoms with E-state index < -0.39 is 0 Å². The van der Waals surface area contributed by atoms with Crippen LogP contribution >= 0.6 is 0 Å². The van der Waals surface area contributed by atoms with Gasteiger partial charge in [-0.2, -0.15) is 5.10 Å². The van der Waals surface area contributed by atoms with E-state index in [2.05, 4.69) is 56.6 Å². The van der Waals surface area contributed by atoms with Crippen molar-refractivity contribution in [3.63, 3.8) is 0 Å². The second-order valence-electron chi connectivity index (χ2n) is 7.11. The van der Waals surface area contributed by atoms with E-state index in [1.165, 1.54) is 35.0 Å². The molecular formula is C21H26N4O. The van der Waals surface area contributed by atoms with Gasteiger partial charge in [0.2, 0.25) is 5.91 Å². The number of aromatic amines is 1. The van der Waals surface area contributed by atoms with E-state index in [0.717, 1.165) is 37.9 Å². The Bertz CT molecular complexity index is 892. The Kier molecular flexibility index (Phi) is 5.04. The lowest BCUT2D eigenvalue weighted by Gasteiger charge is -2.11. The van der Waals surface area contributed by atoms with E-state index >= 15 is 0 Å². The van der Waals surface area contributed by atoms with Crippen LogP contribution in [0, 0.1) is 0 Å². The number of H-pyrrole nitrogens is 1. The van der Waals surface area contributed by atoms with Crippen LogP contribution in [0.15, 0.2) is 36.5 Å². The highest BCUT2D eigenvalue weighted by molar-refractivity contribution is 5.79. The lowest BCUT2D eigenvalue weighted by molar-refractivity contribution is -0.121. The van der Waals surface area contributed by atoms with Gasteiger partial charge in [-0.05, 0) is 55.2 Å². The van der Waals surface area contributed by atoms with Crippen molar-refractivity contribution in [2.24, 2.45) is 0 Å². The maximum atomic E-state index is 12.1. The van der Waals surface area contributed by atoms with Gasteiger partial charge in [-0.1, -0.05) is 18.2 Å². The van der Waals surface area contributed by atoms with Crippen molar-refractivity contribution in [3.05, 3.63) is 53.5 Å². The van der Waals surface area contributed by atoms with Crippen LogP contribution < -0.4 is 5.32 Å². The molecule has 26 heavy (non-hydrogen) atoms. The van der Waals surface area contributed by atoms with Gasteiger partial charge in [0, 0.05) is 43.3 Å². The van der Waals surface area contributed by atoms with Crippen LogP contribution in [-0.2, 0) is 30.6 Å². The fourth-order valence-electron chi connectivity index (χ4n) is 3.89. The first-order valence-electron chi connectivity index (χ1n) is 9.67. The molecule has 5 nitrogen and oxygen atoms in total. The molecule has 136 valence electrons. The van der Waals surface area contributed by atoms with Crippen LogP contribution in [0.1, 0.15) is 42.6 Å². The number of nitrogens with zero attached hydrogens (tertiary/aromatic N) is 2. The van der Waals surface area contributed by atoms with Gasteiger partial charge in [0.25, 0.3) is 0 Å². The third-order valence-corrected chi connectivity index (χ3v) is 5.31. The van der Waals surface area contributed by atoms with E-state index in [9.17, 15) is 4.79 Å². The van der Waals surface area contributed by atoms with E-state index in [-0.39, 0.29) is 5.91 Å². The molecule has 1 aliphatic carbocycles. The molecule has 1 aliphatic rings. The maximum Gasteiger partial charge on any atom is 0.220 e.